The standard InChI is InChI=1S/C12H17BrN2/c1-15-6-5-12(14)11(8-15)9-3-2-4-10(13)7-9/h2-4,7,11-12H,5-6,8,14H2,1H3. The third-order valence-electron chi connectivity index (χ3n) is 3.15. The topological polar surface area (TPSA) is 29.3 Å². The van der Waals surface area contributed by atoms with E-state index in [1.807, 2.05) is 0 Å². The van der Waals surface area contributed by atoms with Crippen molar-refractivity contribution in [3.05, 3.63) is 34.3 Å². The highest BCUT2D eigenvalue weighted by atomic mass is 79.9. The predicted octanol–water partition coefficient (Wildman–Crippen LogP) is 2.20. The molecule has 2 N–H and O–H groups in total. The Balaban J connectivity index is 2.21. The van der Waals surface area contributed by atoms with Crippen molar-refractivity contribution in [2.24, 2.45) is 5.73 Å². The highest BCUT2D eigenvalue weighted by Gasteiger charge is 2.25. The molecule has 0 bridgehead atoms. The van der Waals surface area contributed by atoms with E-state index in [0.717, 1.165) is 24.0 Å². The van der Waals surface area contributed by atoms with Gasteiger partial charge in [-0.25, -0.2) is 0 Å². The van der Waals surface area contributed by atoms with Crippen molar-refractivity contribution in [2.45, 2.75) is 18.4 Å². The first-order valence-corrected chi connectivity index (χ1v) is 6.15. The number of likely N-dealkylation sites (N-methyl/N-ethyl adjacent to an activating group) is 1. The number of nitrogens with two attached hydrogens (primary N) is 1. The lowest BCUT2D eigenvalue weighted by atomic mass is 9.87. The average Bonchev–Trinajstić information content (AvgIpc) is 2.22. The number of halogens is 1. The molecule has 0 aromatic heterocycles. The maximum Gasteiger partial charge on any atom is 0.0178 e. The van der Waals surface area contributed by atoms with Crippen molar-refractivity contribution < 1.29 is 0 Å². The van der Waals surface area contributed by atoms with Crippen LogP contribution < -0.4 is 5.73 Å². The Kier molecular flexibility index (Phi) is 3.44. The monoisotopic (exact) mass is 268 g/mol. The summed E-state index contributed by atoms with van der Waals surface area (Å²) in [6, 6.07) is 8.80. The van der Waals surface area contributed by atoms with Gasteiger partial charge >= 0.3 is 0 Å². The van der Waals surface area contributed by atoms with Crippen LogP contribution in [0.1, 0.15) is 17.9 Å². The third-order valence-corrected chi connectivity index (χ3v) is 3.64. The van der Waals surface area contributed by atoms with Crippen LogP contribution in [0.3, 0.4) is 0 Å². The molecule has 1 heterocycles. The molecule has 1 aromatic rings. The predicted molar refractivity (Wildman–Crippen MR) is 67.0 cm³/mol. The Hall–Kier alpha value is -0.380. The molecule has 15 heavy (non-hydrogen) atoms. The summed E-state index contributed by atoms with van der Waals surface area (Å²) in [5.74, 6) is 0.473. The number of likely N-dealkylation sites (tertiary alicyclic amines) is 1. The van der Waals surface area contributed by atoms with Crippen LogP contribution >= 0.6 is 15.9 Å². The first-order chi connectivity index (χ1) is 7.16. The molecule has 0 aliphatic carbocycles. The smallest absolute Gasteiger partial charge is 0.0178 e. The van der Waals surface area contributed by atoms with Gasteiger partial charge in [-0.3, -0.25) is 0 Å². The van der Waals surface area contributed by atoms with Crippen molar-refractivity contribution in [1.29, 1.82) is 0 Å². The van der Waals surface area contributed by atoms with Crippen LogP contribution in [0.15, 0.2) is 28.7 Å². The number of benzene rings is 1. The maximum absolute atomic E-state index is 6.18. The quantitative estimate of drug-likeness (QED) is 0.846. The summed E-state index contributed by atoms with van der Waals surface area (Å²) in [5, 5.41) is 0. The second kappa shape index (κ2) is 4.64. The van der Waals surface area contributed by atoms with Gasteiger partial charge < -0.3 is 10.6 Å². The Morgan fingerprint density at radius 1 is 1.47 bits per heavy atom. The summed E-state index contributed by atoms with van der Waals surface area (Å²) in [6.45, 7) is 2.18. The van der Waals surface area contributed by atoms with E-state index < -0.39 is 0 Å². The first kappa shape index (κ1) is 11.1. The molecule has 2 atom stereocenters. The lowest BCUT2D eigenvalue weighted by molar-refractivity contribution is 0.228. The minimum atomic E-state index is 0.301. The van der Waals surface area contributed by atoms with E-state index in [2.05, 4.69) is 52.1 Å². The fourth-order valence-electron chi connectivity index (χ4n) is 2.22. The fourth-order valence-corrected chi connectivity index (χ4v) is 2.64. The highest BCUT2D eigenvalue weighted by Crippen LogP contribution is 2.27. The minimum Gasteiger partial charge on any atom is -0.327 e. The van der Waals surface area contributed by atoms with E-state index in [4.69, 9.17) is 5.73 Å². The Morgan fingerprint density at radius 2 is 2.27 bits per heavy atom. The van der Waals surface area contributed by atoms with Gasteiger partial charge in [0.05, 0.1) is 0 Å². The van der Waals surface area contributed by atoms with Gasteiger partial charge in [-0.15, -0.1) is 0 Å². The summed E-state index contributed by atoms with van der Waals surface area (Å²) in [5.41, 5.74) is 7.53. The van der Waals surface area contributed by atoms with E-state index in [0.29, 0.717) is 12.0 Å². The Labute approximate surface area is 99.6 Å². The zero-order valence-corrected chi connectivity index (χ0v) is 10.6. The molecule has 2 nitrogen and oxygen atoms in total. The summed E-state index contributed by atoms with van der Waals surface area (Å²) in [4.78, 5) is 2.36. The molecular weight excluding hydrogens is 252 g/mol. The van der Waals surface area contributed by atoms with Crippen molar-refractivity contribution in [3.63, 3.8) is 0 Å². The maximum atomic E-state index is 6.18. The first-order valence-electron chi connectivity index (χ1n) is 5.36. The molecule has 82 valence electrons. The van der Waals surface area contributed by atoms with Gasteiger partial charge in [-0.1, -0.05) is 28.1 Å². The molecular formula is C12H17BrN2. The van der Waals surface area contributed by atoms with Crippen LogP contribution in [-0.2, 0) is 0 Å². The summed E-state index contributed by atoms with van der Waals surface area (Å²) in [6.07, 6.45) is 1.09. The van der Waals surface area contributed by atoms with E-state index in [1.54, 1.807) is 0 Å². The molecule has 1 aliphatic rings. The SMILES string of the molecule is CN1CCC(N)C(c2cccc(Br)c2)C1. The van der Waals surface area contributed by atoms with Gasteiger partial charge in [0.15, 0.2) is 0 Å². The molecule has 3 heteroatoms. The Morgan fingerprint density at radius 3 is 3.00 bits per heavy atom. The molecule has 1 aliphatic heterocycles. The largest absolute Gasteiger partial charge is 0.327 e. The van der Waals surface area contributed by atoms with Crippen LogP contribution in [0.25, 0.3) is 0 Å². The number of hydrogen-bond donors (Lipinski definition) is 1. The molecule has 0 radical (unpaired) electrons. The van der Waals surface area contributed by atoms with Crippen molar-refractivity contribution >= 4 is 15.9 Å². The number of piperidine rings is 1. The highest BCUT2D eigenvalue weighted by molar-refractivity contribution is 9.10. The van der Waals surface area contributed by atoms with Gasteiger partial charge in [0.1, 0.15) is 0 Å². The van der Waals surface area contributed by atoms with Crippen LogP contribution in [0, 0.1) is 0 Å². The molecule has 0 saturated carbocycles. The number of nitrogens with zero attached hydrogens (tertiary/aromatic N) is 1. The van der Waals surface area contributed by atoms with Crippen LogP contribution in [0.4, 0.5) is 0 Å². The Bertz CT molecular complexity index is 340. The molecule has 2 rings (SSSR count). The fraction of sp³-hybridized carbons (Fsp3) is 0.500. The van der Waals surface area contributed by atoms with Gasteiger partial charge in [0, 0.05) is 23.0 Å². The molecule has 0 spiro atoms. The normalized spacial score (nSPS) is 27.9. The van der Waals surface area contributed by atoms with Crippen molar-refractivity contribution in [2.75, 3.05) is 20.1 Å². The van der Waals surface area contributed by atoms with Crippen LogP contribution in [-0.4, -0.2) is 31.1 Å². The van der Waals surface area contributed by atoms with Gasteiger partial charge in [-0.05, 0) is 37.7 Å². The van der Waals surface area contributed by atoms with E-state index >= 15 is 0 Å². The molecule has 2 unspecified atom stereocenters. The molecule has 1 fully saturated rings. The summed E-state index contributed by atoms with van der Waals surface area (Å²) < 4.78 is 1.14. The molecule has 1 aromatic carbocycles. The van der Waals surface area contributed by atoms with Crippen LogP contribution in [0.2, 0.25) is 0 Å². The van der Waals surface area contributed by atoms with Crippen LogP contribution in [0.5, 0.6) is 0 Å². The van der Waals surface area contributed by atoms with Crippen molar-refractivity contribution in [1.82, 2.24) is 4.90 Å². The van der Waals surface area contributed by atoms with Gasteiger partial charge in [0.25, 0.3) is 0 Å². The molecule has 0 amide bonds. The van der Waals surface area contributed by atoms with Crippen molar-refractivity contribution in [3.8, 4) is 0 Å². The molecule has 1 saturated heterocycles. The minimum absolute atomic E-state index is 0.301. The average molecular weight is 269 g/mol. The van der Waals surface area contributed by atoms with E-state index in [1.165, 1.54) is 5.56 Å². The van der Waals surface area contributed by atoms with E-state index in [9.17, 15) is 0 Å². The summed E-state index contributed by atoms with van der Waals surface area (Å²) >= 11 is 3.51. The second-order valence-corrected chi connectivity index (χ2v) is 5.29. The summed E-state index contributed by atoms with van der Waals surface area (Å²) in [7, 11) is 2.16. The van der Waals surface area contributed by atoms with Gasteiger partial charge in [-0.2, -0.15) is 0 Å². The zero-order valence-electron chi connectivity index (χ0n) is 8.99. The number of hydrogen-bond acceptors (Lipinski definition) is 2. The number of rotatable bonds is 1. The van der Waals surface area contributed by atoms with E-state index in [-0.39, 0.29) is 0 Å². The second-order valence-electron chi connectivity index (χ2n) is 4.38. The zero-order chi connectivity index (χ0) is 10.8. The lowest BCUT2D eigenvalue weighted by Gasteiger charge is -2.35. The third kappa shape index (κ3) is 2.60. The van der Waals surface area contributed by atoms with Gasteiger partial charge in [0.2, 0.25) is 0 Å². The lowest BCUT2D eigenvalue weighted by Crippen LogP contribution is -2.43.